The van der Waals surface area contributed by atoms with Crippen LogP contribution in [-0.2, 0) is 9.53 Å². The summed E-state index contributed by atoms with van der Waals surface area (Å²) in [5.41, 5.74) is 0. The second kappa shape index (κ2) is 8.74. The first-order valence-electron chi connectivity index (χ1n) is 6.91. The fourth-order valence-electron chi connectivity index (χ4n) is 2.39. The van der Waals surface area contributed by atoms with Crippen LogP contribution < -0.4 is 10.6 Å². The van der Waals surface area contributed by atoms with Gasteiger partial charge < -0.3 is 20.5 Å². The Balaban J connectivity index is 2.24. The van der Waals surface area contributed by atoms with Crippen LogP contribution in [0.2, 0.25) is 0 Å². The summed E-state index contributed by atoms with van der Waals surface area (Å²) in [5.74, 6) is -1.27. The van der Waals surface area contributed by atoms with Crippen LogP contribution in [0.15, 0.2) is 0 Å². The molecule has 1 saturated carbocycles. The number of unbranched alkanes of at least 4 members (excludes halogenated alkanes) is 1. The van der Waals surface area contributed by atoms with Gasteiger partial charge in [-0.2, -0.15) is 0 Å². The van der Waals surface area contributed by atoms with E-state index in [-0.39, 0.29) is 12.1 Å². The van der Waals surface area contributed by atoms with Gasteiger partial charge in [-0.3, -0.25) is 4.79 Å². The van der Waals surface area contributed by atoms with Gasteiger partial charge in [0.15, 0.2) is 0 Å². The number of hydrogen-bond donors (Lipinski definition) is 3. The predicted octanol–water partition coefficient (Wildman–Crippen LogP) is 1.36. The number of amides is 2. The first-order valence-corrected chi connectivity index (χ1v) is 6.91. The zero-order valence-electron chi connectivity index (χ0n) is 11.5. The lowest BCUT2D eigenvalue weighted by Gasteiger charge is -2.29. The summed E-state index contributed by atoms with van der Waals surface area (Å²) in [6.07, 6.45) is 5.05. The average molecular weight is 272 g/mol. The van der Waals surface area contributed by atoms with Gasteiger partial charge in [-0.05, 0) is 25.7 Å². The molecule has 0 saturated heterocycles. The minimum atomic E-state index is -0.815. The van der Waals surface area contributed by atoms with Gasteiger partial charge in [0.25, 0.3) is 0 Å². The third-order valence-corrected chi connectivity index (χ3v) is 3.46. The Kier molecular flexibility index (Phi) is 7.25. The SMILES string of the molecule is COCCCCNC(=O)NC1CCCCC1C(=O)O. The highest BCUT2D eigenvalue weighted by Crippen LogP contribution is 2.24. The van der Waals surface area contributed by atoms with Gasteiger partial charge in [-0.15, -0.1) is 0 Å². The molecule has 2 atom stereocenters. The Hall–Kier alpha value is -1.30. The van der Waals surface area contributed by atoms with E-state index in [0.29, 0.717) is 19.6 Å². The normalized spacial score (nSPS) is 22.8. The Morgan fingerprint density at radius 3 is 2.68 bits per heavy atom. The highest BCUT2D eigenvalue weighted by molar-refractivity contribution is 5.76. The van der Waals surface area contributed by atoms with Crippen LogP contribution in [0.5, 0.6) is 0 Å². The molecule has 0 aromatic rings. The van der Waals surface area contributed by atoms with E-state index < -0.39 is 11.9 Å². The molecular weight excluding hydrogens is 248 g/mol. The summed E-state index contributed by atoms with van der Waals surface area (Å²) in [6.45, 7) is 1.27. The maximum Gasteiger partial charge on any atom is 0.315 e. The summed E-state index contributed by atoms with van der Waals surface area (Å²) >= 11 is 0. The molecule has 1 aliphatic carbocycles. The molecule has 1 aliphatic rings. The highest BCUT2D eigenvalue weighted by Gasteiger charge is 2.31. The molecule has 2 unspecified atom stereocenters. The minimum absolute atomic E-state index is 0.245. The average Bonchev–Trinajstić information content (AvgIpc) is 2.39. The summed E-state index contributed by atoms with van der Waals surface area (Å²) in [5, 5.41) is 14.6. The Morgan fingerprint density at radius 2 is 2.00 bits per heavy atom. The van der Waals surface area contributed by atoms with E-state index in [1.165, 1.54) is 0 Å². The number of aliphatic carboxylic acids is 1. The fourth-order valence-corrected chi connectivity index (χ4v) is 2.39. The Labute approximate surface area is 113 Å². The van der Waals surface area contributed by atoms with Gasteiger partial charge in [0.2, 0.25) is 0 Å². The number of carboxylic acid groups (broad SMARTS) is 1. The highest BCUT2D eigenvalue weighted by atomic mass is 16.5. The van der Waals surface area contributed by atoms with Crippen LogP contribution in [-0.4, -0.2) is 43.4 Å². The third-order valence-electron chi connectivity index (χ3n) is 3.46. The number of rotatable bonds is 7. The van der Waals surface area contributed by atoms with Gasteiger partial charge in [0.1, 0.15) is 0 Å². The van der Waals surface area contributed by atoms with Crippen LogP contribution in [0.3, 0.4) is 0 Å². The van der Waals surface area contributed by atoms with E-state index in [9.17, 15) is 9.59 Å². The van der Waals surface area contributed by atoms with E-state index in [1.807, 2.05) is 0 Å². The molecule has 1 rings (SSSR count). The number of methoxy groups -OCH3 is 1. The maximum atomic E-state index is 11.7. The van der Waals surface area contributed by atoms with Crippen LogP contribution in [0.4, 0.5) is 4.79 Å². The van der Waals surface area contributed by atoms with E-state index in [1.54, 1.807) is 7.11 Å². The van der Waals surface area contributed by atoms with Crippen LogP contribution >= 0.6 is 0 Å². The summed E-state index contributed by atoms with van der Waals surface area (Å²) in [6, 6.07) is -0.513. The summed E-state index contributed by atoms with van der Waals surface area (Å²) in [4.78, 5) is 22.8. The van der Waals surface area contributed by atoms with Crippen molar-refractivity contribution in [2.75, 3.05) is 20.3 Å². The molecule has 6 nitrogen and oxygen atoms in total. The zero-order chi connectivity index (χ0) is 14.1. The monoisotopic (exact) mass is 272 g/mol. The molecule has 110 valence electrons. The van der Waals surface area contributed by atoms with Gasteiger partial charge in [0, 0.05) is 26.3 Å². The number of ether oxygens (including phenoxy) is 1. The molecule has 0 aromatic carbocycles. The van der Waals surface area contributed by atoms with Crippen molar-refractivity contribution in [1.82, 2.24) is 10.6 Å². The first-order chi connectivity index (χ1) is 9.15. The van der Waals surface area contributed by atoms with Crippen molar-refractivity contribution in [2.45, 2.75) is 44.6 Å². The van der Waals surface area contributed by atoms with Crippen LogP contribution in [0.1, 0.15) is 38.5 Å². The summed E-state index contributed by atoms with van der Waals surface area (Å²) < 4.78 is 4.92. The Morgan fingerprint density at radius 1 is 1.26 bits per heavy atom. The van der Waals surface area contributed by atoms with Crippen molar-refractivity contribution in [3.05, 3.63) is 0 Å². The molecule has 0 aliphatic heterocycles. The minimum Gasteiger partial charge on any atom is -0.481 e. The molecule has 0 heterocycles. The number of carbonyl (C=O) groups excluding carboxylic acids is 1. The first kappa shape index (κ1) is 15.8. The maximum absolute atomic E-state index is 11.7. The van der Waals surface area contributed by atoms with E-state index >= 15 is 0 Å². The number of urea groups is 1. The van der Waals surface area contributed by atoms with Gasteiger partial charge in [0.05, 0.1) is 5.92 Å². The summed E-state index contributed by atoms with van der Waals surface area (Å²) in [7, 11) is 1.65. The molecule has 0 spiro atoms. The van der Waals surface area contributed by atoms with E-state index in [4.69, 9.17) is 9.84 Å². The molecule has 0 radical (unpaired) electrons. The van der Waals surface area contributed by atoms with Crippen LogP contribution in [0.25, 0.3) is 0 Å². The van der Waals surface area contributed by atoms with Gasteiger partial charge in [-0.25, -0.2) is 4.79 Å². The predicted molar refractivity (Wildman–Crippen MR) is 71.0 cm³/mol. The molecule has 0 aromatic heterocycles. The lowest BCUT2D eigenvalue weighted by Crippen LogP contribution is -2.49. The van der Waals surface area contributed by atoms with Crippen molar-refractivity contribution < 1.29 is 19.4 Å². The molecule has 1 fully saturated rings. The smallest absolute Gasteiger partial charge is 0.315 e. The molecule has 2 amide bonds. The number of carboxylic acids is 1. The lowest BCUT2D eigenvalue weighted by atomic mass is 9.84. The second-order valence-electron chi connectivity index (χ2n) is 4.94. The van der Waals surface area contributed by atoms with Crippen molar-refractivity contribution in [3.63, 3.8) is 0 Å². The van der Waals surface area contributed by atoms with E-state index in [2.05, 4.69) is 10.6 Å². The van der Waals surface area contributed by atoms with Crippen molar-refractivity contribution in [2.24, 2.45) is 5.92 Å². The third kappa shape index (κ3) is 5.92. The van der Waals surface area contributed by atoms with Gasteiger partial charge in [-0.1, -0.05) is 12.8 Å². The van der Waals surface area contributed by atoms with Crippen molar-refractivity contribution >= 4 is 12.0 Å². The molecule has 0 bridgehead atoms. The fraction of sp³-hybridized carbons (Fsp3) is 0.846. The molecule has 3 N–H and O–H groups in total. The van der Waals surface area contributed by atoms with Crippen LogP contribution in [0, 0.1) is 5.92 Å². The molecule has 19 heavy (non-hydrogen) atoms. The van der Waals surface area contributed by atoms with Crippen molar-refractivity contribution in [1.29, 1.82) is 0 Å². The van der Waals surface area contributed by atoms with Crippen molar-refractivity contribution in [3.8, 4) is 0 Å². The van der Waals surface area contributed by atoms with Gasteiger partial charge >= 0.3 is 12.0 Å². The van der Waals surface area contributed by atoms with E-state index in [0.717, 1.165) is 32.1 Å². The lowest BCUT2D eigenvalue weighted by molar-refractivity contribution is -0.143. The standard InChI is InChI=1S/C13H24N2O4/c1-19-9-5-4-8-14-13(18)15-11-7-3-2-6-10(11)12(16)17/h10-11H,2-9H2,1H3,(H,16,17)(H2,14,15,18). The second-order valence-corrected chi connectivity index (χ2v) is 4.94. The topological polar surface area (TPSA) is 87.7 Å². The number of carbonyl (C=O) groups is 2. The molecule has 6 heteroatoms. The Bertz CT molecular complexity index is 296. The zero-order valence-corrected chi connectivity index (χ0v) is 11.5. The number of hydrogen-bond acceptors (Lipinski definition) is 3. The largest absolute Gasteiger partial charge is 0.481 e. The molecular formula is C13H24N2O4. The quantitative estimate of drug-likeness (QED) is 0.611. The number of nitrogens with one attached hydrogen (secondary N) is 2.